The number of hydrogen-bond donors (Lipinski definition) is 1. The van der Waals surface area contributed by atoms with E-state index in [0.29, 0.717) is 6.42 Å². The summed E-state index contributed by atoms with van der Waals surface area (Å²) in [6, 6.07) is -0.570. The van der Waals surface area contributed by atoms with E-state index in [1.165, 1.54) is 0 Å². The van der Waals surface area contributed by atoms with Gasteiger partial charge in [-0.1, -0.05) is 0 Å². The van der Waals surface area contributed by atoms with E-state index in [-0.39, 0.29) is 6.04 Å². The largest absolute Gasteiger partial charge is 0.443 e. The molecule has 0 aromatic rings. The van der Waals surface area contributed by atoms with Crippen LogP contribution in [0, 0.1) is 0 Å². The van der Waals surface area contributed by atoms with Gasteiger partial charge in [-0.3, -0.25) is 0 Å². The molecular weight excluding hydrogens is 244 g/mol. The van der Waals surface area contributed by atoms with Crippen molar-refractivity contribution in [3.8, 4) is 0 Å². The first kappa shape index (κ1) is 14.2. The second kappa shape index (κ2) is 4.45. The third-order valence-electron chi connectivity index (χ3n) is 2.28. The molecule has 0 saturated carbocycles. The van der Waals surface area contributed by atoms with Gasteiger partial charge in [-0.15, -0.1) is 0 Å². The molecule has 1 heterocycles. The first-order valence-corrected chi connectivity index (χ1v) is 7.01. The van der Waals surface area contributed by atoms with Gasteiger partial charge in [-0.25, -0.2) is 4.79 Å². The van der Waals surface area contributed by atoms with Crippen LogP contribution >= 0.6 is 0 Å². The minimum atomic E-state index is -3.78. The molecule has 0 radical (unpaired) electrons. The lowest BCUT2D eigenvalue weighted by molar-refractivity contribution is 0.0323. The van der Waals surface area contributed by atoms with E-state index in [0.717, 1.165) is 4.31 Å². The van der Waals surface area contributed by atoms with Crippen LogP contribution in [-0.4, -0.2) is 36.5 Å². The van der Waals surface area contributed by atoms with E-state index < -0.39 is 27.9 Å². The fourth-order valence-electron chi connectivity index (χ4n) is 1.79. The minimum Gasteiger partial charge on any atom is -0.443 e. The molecule has 0 unspecified atom stereocenters. The maximum absolute atomic E-state index is 11.8. The van der Waals surface area contributed by atoms with Gasteiger partial charge in [-0.05, 0) is 41.0 Å². The number of rotatable bonds is 0. The molecule has 1 aliphatic heterocycles. The van der Waals surface area contributed by atoms with Gasteiger partial charge < -0.3 is 4.74 Å². The summed E-state index contributed by atoms with van der Waals surface area (Å²) in [5, 5.41) is 0. The molecule has 1 saturated heterocycles. The zero-order valence-electron chi connectivity index (χ0n) is 10.9. The number of amides is 1. The lowest BCUT2D eigenvalue weighted by Crippen LogP contribution is -2.58. The van der Waals surface area contributed by atoms with Crippen molar-refractivity contribution in [2.45, 2.75) is 58.7 Å². The molecule has 1 N–H and O–H groups in total. The van der Waals surface area contributed by atoms with Crippen LogP contribution in [0.5, 0.6) is 0 Å². The first-order chi connectivity index (χ1) is 7.53. The Hall–Kier alpha value is -0.820. The highest BCUT2D eigenvalue weighted by Crippen LogP contribution is 2.21. The van der Waals surface area contributed by atoms with E-state index in [2.05, 4.69) is 4.72 Å². The topological polar surface area (TPSA) is 75.7 Å². The van der Waals surface area contributed by atoms with Crippen molar-refractivity contribution >= 4 is 16.3 Å². The second-order valence-electron chi connectivity index (χ2n) is 5.38. The molecule has 1 aliphatic rings. The first-order valence-electron chi connectivity index (χ1n) is 5.57. The molecule has 0 aromatic heterocycles. The van der Waals surface area contributed by atoms with Crippen LogP contribution in [0.4, 0.5) is 4.79 Å². The third kappa shape index (κ3) is 3.57. The van der Waals surface area contributed by atoms with Crippen molar-refractivity contribution in [3.63, 3.8) is 0 Å². The highest BCUT2D eigenvalue weighted by molar-refractivity contribution is 7.87. The SMILES string of the molecule is C[C@@H]1C[C@H](C)NS(=O)(=O)N1C(=O)OC(C)(C)C. The molecule has 17 heavy (non-hydrogen) atoms. The summed E-state index contributed by atoms with van der Waals surface area (Å²) in [6.45, 7) is 8.55. The maximum Gasteiger partial charge on any atom is 0.425 e. The van der Waals surface area contributed by atoms with Gasteiger partial charge in [0.05, 0.1) is 6.04 Å². The van der Waals surface area contributed by atoms with Crippen LogP contribution in [0.3, 0.4) is 0 Å². The molecule has 7 heteroatoms. The summed E-state index contributed by atoms with van der Waals surface area (Å²) in [5.41, 5.74) is -0.713. The highest BCUT2D eigenvalue weighted by Gasteiger charge is 2.40. The number of carbonyl (C=O) groups is 1. The standard InChI is InChI=1S/C10H20N2O4S/c1-7-6-8(2)12(17(14,15)11-7)9(13)16-10(3,4)5/h7-8,11H,6H2,1-5H3/t7-,8+/m0/s1. The number of nitrogens with zero attached hydrogens (tertiary/aromatic N) is 1. The third-order valence-corrected chi connectivity index (χ3v) is 4.00. The Labute approximate surface area is 102 Å². The molecule has 1 rings (SSSR count). The molecular formula is C10H20N2O4S. The van der Waals surface area contributed by atoms with E-state index in [1.54, 1.807) is 34.6 Å². The predicted molar refractivity (Wildman–Crippen MR) is 63.7 cm³/mol. The van der Waals surface area contributed by atoms with Gasteiger partial charge >= 0.3 is 16.3 Å². The minimum absolute atomic E-state index is 0.173. The number of hydrogen-bond acceptors (Lipinski definition) is 4. The Morgan fingerprint density at radius 2 is 1.88 bits per heavy atom. The monoisotopic (exact) mass is 264 g/mol. The van der Waals surface area contributed by atoms with Crippen LogP contribution in [0.1, 0.15) is 41.0 Å². The van der Waals surface area contributed by atoms with Gasteiger partial charge in [0, 0.05) is 6.04 Å². The number of nitrogens with one attached hydrogen (secondary N) is 1. The van der Waals surface area contributed by atoms with Gasteiger partial charge in [0.25, 0.3) is 0 Å². The molecule has 1 fully saturated rings. The molecule has 0 bridgehead atoms. The van der Waals surface area contributed by atoms with Crippen LogP contribution in [0.25, 0.3) is 0 Å². The fourth-order valence-corrected chi connectivity index (χ4v) is 3.30. The van der Waals surface area contributed by atoms with Crippen LogP contribution in [0.15, 0.2) is 0 Å². The van der Waals surface area contributed by atoms with E-state index in [1.807, 2.05) is 0 Å². The summed E-state index contributed by atoms with van der Waals surface area (Å²) in [7, 11) is -3.78. The van der Waals surface area contributed by atoms with Crippen LogP contribution in [-0.2, 0) is 14.9 Å². The van der Waals surface area contributed by atoms with Gasteiger partial charge in [-0.2, -0.15) is 17.4 Å². The normalized spacial score (nSPS) is 28.9. The van der Waals surface area contributed by atoms with E-state index in [4.69, 9.17) is 4.74 Å². The molecule has 1 amide bonds. The van der Waals surface area contributed by atoms with E-state index >= 15 is 0 Å². The Morgan fingerprint density at radius 3 is 2.29 bits per heavy atom. The van der Waals surface area contributed by atoms with Crippen molar-refractivity contribution in [1.29, 1.82) is 0 Å². The highest BCUT2D eigenvalue weighted by atomic mass is 32.2. The maximum atomic E-state index is 11.8. The Kier molecular flexibility index (Phi) is 3.73. The van der Waals surface area contributed by atoms with Crippen LogP contribution < -0.4 is 4.72 Å². The van der Waals surface area contributed by atoms with Crippen molar-refractivity contribution in [2.24, 2.45) is 0 Å². The van der Waals surface area contributed by atoms with Crippen molar-refractivity contribution in [3.05, 3.63) is 0 Å². The zero-order valence-corrected chi connectivity index (χ0v) is 11.7. The average Bonchev–Trinajstić information content (AvgIpc) is 1.93. The van der Waals surface area contributed by atoms with Crippen molar-refractivity contribution in [1.82, 2.24) is 9.03 Å². The number of carbonyl (C=O) groups excluding carboxylic acids is 1. The lowest BCUT2D eigenvalue weighted by Gasteiger charge is -2.36. The summed E-state index contributed by atoms with van der Waals surface area (Å²) >= 11 is 0. The van der Waals surface area contributed by atoms with Gasteiger partial charge in [0.1, 0.15) is 5.60 Å². The van der Waals surface area contributed by atoms with Gasteiger partial charge in [0.15, 0.2) is 0 Å². The second-order valence-corrected chi connectivity index (χ2v) is 6.96. The number of ether oxygens (including phenoxy) is 1. The van der Waals surface area contributed by atoms with Crippen molar-refractivity contribution in [2.75, 3.05) is 0 Å². The summed E-state index contributed by atoms with van der Waals surface area (Å²) in [6.07, 6.45) is -0.261. The summed E-state index contributed by atoms with van der Waals surface area (Å²) < 4.78 is 32.0. The Morgan fingerprint density at radius 1 is 1.35 bits per heavy atom. The molecule has 2 atom stereocenters. The quantitative estimate of drug-likeness (QED) is 0.714. The summed E-state index contributed by atoms with van der Waals surface area (Å²) in [4.78, 5) is 11.8. The molecule has 0 aliphatic carbocycles. The lowest BCUT2D eigenvalue weighted by atomic mass is 10.1. The molecule has 6 nitrogen and oxygen atoms in total. The van der Waals surface area contributed by atoms with Gasteiger partial charge in [0.2, 0.25) is 0 Å². The Bertz CT molecular complexity index is 399. The smallest absolute Gasteiger partial charge is 0.425 e. The Balaban J connectivity index is 2.92. The fraction of sp³-hybridized carbons (Fsp3) is 0.900. The predicted octanol–water partition coefficient (Wildman–Crippen LogP) is 1.24. The average molecular weight is 264 g/mol. The van der Waals surface area contributed by atoms with Crippen molar-refractivity contribution < 1.29 is 17.9 Å². The summed E-state index contributed by atoms with van der Waals surface area (Å²) in [5.74, 6) is 0. The molecule has 0 spiro atoms. The van der Waals surface area contributed by atoms with Crippen LogP contribution in [0.2, 0.25) is 0 Å². The molecule has 100 valence electrons. The molecule has 0 aromatic carbocycles. The van der Waals surface area contributed by atoms with E-state index in [9.17, 15) is 13.2 Å². The zero-order chi connectivity index (χ0) is 13.4.